The van der Waals surface area contributed by atoms with Crippen molar-refractivity contribution in [2.45, 2.75) is 25.2 Å². The van der Waals surface area contributed by atoms with Crippen molar-refractivity contribution in [1.82, 2.24) is 15.1 Å². The molecule has 0 radical (unpaired) electrons. The van der Waals surface area contributed by atoms with Crippen molar-refractivity contribution in [3.8, 4) is 0 Å². The van der Waals surface area contributed by atoms with Crippen molar-refractivity contribution in [2.24, 2.45) is 0 Å². The minimum atomic E-state index is -0.625. The summed E-state index contributed by atoms with van der Waals surface area (Å²) in [4.78, 5) is 16.2. The topological polar surface area (TPSA) is 49.3 Å². The summed E-state index contributed by atoms with van der Waals surface area (Å²) >= 11 is 5.74. The maximum atomic E-state index is 14.3. The van der Waals surface area contributed by atoms with E-state index in [1.165, 1.54) is 12.1 Å². The van der Waals surface area contributed by atoms with Crippen LogP contribution in [-0.2, 0) is 11.2 Å². The molecule has 1 aromatic carbocycles. The predicted octanol–water partition coefficient (Wildman–Crippen LogP) is 3.18. The van der Waals surface area contributed by atoms with Crippen LogP contribution in [0.15, 0.2) is 24.3 Å². The van der Waals surface area contributed by atoms with E-state index in [0.717, 1.165) is 12.8 Å². The van der Waals surface area contributed by atoms with Gasteiger partial charge in [0, 0.05) is 31.7 Å². The monoisotopic (exact) mass is 392 g/mol. The van der Waals surface area contributed by atoms with Crippen LogP contribution in [0.3, 0.4) is 0 Å². The smallest absolute Gasteiger partial charge is 0.227 e. The molecular weight excluding hydrogens is 374 g/mol. The van der Waals surface area contributed by atoms with Crippen LogP contribution in [0.5, 0.6) is 0 Å². The average Bonchev–Trinajstić information content (AvgIpc) is 3.50. The summed E-state index contributed by atoms with van der Waals surface area (Å²) in [5, 5.41) is 8.17. The zero-order valence-corrected chi connectivity index (χ0v) is 15.4. The van der Waals surface area contributed by atoms with E-state index in [0.29, 0.717) is 42.7 Å². The third-order valence-electron chi connectivity index (χ3n) is 5.11. The van der Waals surface area contributed by atoms with Gasteiger partial charge in [-0.1, -0.05) is 11.6 Å². The Hall–Kier alpha value is -2.28. The lowest BCUT2D eigenvalue weighted by Crippen LogP contribution is -2.49. The fourth-order valence-corrected chi connectivity index (χ4v) is 3.47. The number of carbonyl (C=O) groups is 1. The van der Waals surface area contributed by atoms with Crippen molar-refractivity contribution >= 4 is 23.3 Å². The molecule has 1 aromatic heterocycles. The number of rotatable bonds is 4. The van der Waals surface area contributed by atoms with Crippen molar-refractivity contribution in [3.63, 3.8) is 0 Å². The maximum absolute atomic E-state index is 14.3. The quantitative estimate of drug-likeness (QED) is 0.802. The highest BCUT2D eigenvalue weighted by Gasteiger charge is 2.28. The zero-order valence-electron chi connectivity index (χ0n) is 14.7. The molecule has 0 atom stereocenters. The molecule has 1 aliphatic heterocycles. The Morgan fingerprint density at radius 2 is 1.74 bits per heavy atom. The van der Waals surface area contributed by atoms with Gasteiger partial charge in [-0.3, -0.25) is 4.79 Å². The second kappa shape index (κ2) is 7.38. The van der Waals surface area contributed by atoms with E-state index in [4.69, 9.17) is 11.6 Å². The van der Waals surface area contributed by atoms with Gasteiger partial charge in [0.25, 0.3) is 0 Å². The fourth-order valence-electron chi connectivity index (χ4n) is 3.37. The van der Waals surface area contributed by atoms with E-state index in [1.807, 2.05) is 4.90 Å². The van der Waals surface area contributed by atoms with E-state index in [1.54, 1.807) is 17.0 Å². The Bertz CT molecular complexity index is 826. The van der Waals surface area contributed by atoms with Crippen LogP contribution >= 0.6 is 11.6 Å². The summed E-state index contributed by atoms with van der Waals surface area (Å²) in [6.45, 7) is 2.08. The molecule has 1 saturated carbocycles. The van der Waals surface area contributed by atoms with E-state index in [-0.39, 0.29) is 23.8 Å². The predicted molar refractivity (Wildman–Crippen MR) is 97.9 cm³/mol. The van der Waals surface area contributed by atoms with E-state index in [2.05, 4.69) is 10.2 Å². The van der Waals surface area contributed by atoms with Gasteiger partial charge in [-0.2, -0.15) is 0 Å². The van der Waals surface area contributed by atoms with Crippen LogP contribution in [0.25, 0.3) is 0 Å². The Morgan fingerprint density at radius 1 is 1.07 bits per heavy atom. The molecular formula is C19H19ClF2N4O. The minimum absolute atomic E-state index is 0.143. The van der Waals surface area contributed by atoms with Crippen LogP contribution in [-0.4, -0.2) is 47.2 Å². The Kier molecular flexibility index (Phi) is 4.95. The van der Waals surface area contributed by atoms with Gasteiger partial charge in [0.05, 0.1) is 6.42 Å². The van der Waals surface area contributed by atoms with Crippen LogP contribution in [0.1, 0.15) is 29.9 Å². The summed E-state index contributed by atoms with van der Waals surface area (Å²) < 4.78 is 28.6. The molecule has 1 saturated heterocycles. The summed E-state index contributed by atoms with van der Waals surface area (Å²) in [5.74, 6) is -0.559. The molecule has 2 heterocycles. The summed E-state index contributed by atoms with van der Waals surface area (Å²) in [6, 6.07) is 6.19. The largest absolute Gasteiger partial charge is 0.352 e. The lowest BCUT2D eigenvalue weighted by Gasteiger charge is -2.35. The van der Waals surface area contributed by atoms with Crippen LogP contribution in [0.2, 0.25) is 5.15 Å². The number of hydrogen-bond acceptors (Lipinski definition) is 4. The highest BCUT2D eigenvalue weighted by molar-refractivity contribution is 6.29. The molecule has 142 valence electrons. The van der Waals surface area contributed by atoms with E-state index in [9.17, 15) is 13.6 Å². The van der Waals surface area contributed by atoms with E-state index < -0.39 is 11.6 Å². The van der Waals surface area contributed by atoms with Crippen LogP contribution in [0.4, 0.5) is 14.6 Å². The number of aromatic nitrogens is 2. The Morgan fingerprint density at radius 3 is 2.30 bits per heavy atom. The first-order chi connectivity index (χ1) is 13.0. The number of amides is 1. The lowest BCUT2D eigenvalue weighted by molar-refractivity contribution is -0.130. The van der Waals surface area contributed by atoms with Gasteiger partial charge in [0.2, 0.25) is 5.91 Å². The lowest BCUT2D eigenvalue weighted by atomic mass is 10.0. The minimum Gasteiger partial charge on any atom is -0.352 e. The number of halogens is 3. The summed E-state index contributed by atoms with van der Waals surface area (Å²) in [7, 11) is 0. The molecule has 0 spiro atoms. The Labute approximate surface area is 160 Å². The molecule has 0 unspecified atom stereocenters. The first kappa shape index (κ1) is 18.1. The van der Waals surface area contributed by atoms with E-state index >= 15 is 0 Å². The molecule has 0 N–H and O–H groups in total. The molecule has 2 aliphatic rings. The second-order valence-corrected chi connectivity index (χ2v) is 7.38. The number of piperazine rings is 1. The maximum Gasteiger partial charge on any atom is 0.227 e. The standard InChI is InChI=1S/C19H19ClF2N4O/c20-17-3-4-18(24-23-17)25-5-7-26(8-6-25)19(27)11-14-15(21)9-13(10-16(14)22)12-1-2-12/h3-4,9-10,12H,1-2,5-8,11H2. The molecule has 0 bridgehead atoms. The highest BCUT2D eigenvalue weighted by atomic mass is 35.5. The summed E-state index contributed by atoms with van der Waals surface area (Å²) in [6.07, 6.45) is 1.68. The normalized spacial score (nSPS) is 17.3. The third kappa shape index (κ3) is 4.03. The molecule has 5 nitrogen and oxygen atoms in total. The van der Waals surface area contributed by atoms with Gasteiger partial charge in [0.15, 0.2) is 11.0 Å². The summed E-state index contributed by atoms with van der Waals surface area (Å²) in [5.41, 5.74) is 0.550. The van der Waals surface area contributed by atoms with Gasteiger partial charge >= 0.3 is 0 Å². The number of benzene rings is 1. The van der Waals surface area contributed by atoms with Gasteiger partial charge < -0.3 is 9.80 Å². The molecule has 8 heteroatoms. The van der Waals surface area contributed by atoms with Crippen molar-refractivity contribution in [3.05, 3.63) is 52.2 Å². The second-order valence-electron chi connectivity index (χ2n) is 7.00. The number of carbonyl (C=O) groups excluding carboxylic acids is 1. The SMILES string of the molecule is O=C(Cc1c(F)cc(C2CC2)cc1F)N1CCN(c2ccc(Cl)nn2)CC1. The average molecular weight is 393 g/mol. The van der Waals surface area contributed by atoms with Gasteiger partial charge in [-0.25, -0.2) is 8.78 Å². The fraction of sp³-hybridized carbons (Fsp3) is 0.421. The Balaban J connectivity index is 1.38. The third-order valence-corrected chi connectivity index (χ3v) is 5.32. The van der Waals surface area contributed by atoms with Crippen molar-refractivity contribution in [2.75, 3.05) is 31.1 Å². The molecule has 2 aromatic rings. The molecule has 2 fully saturated rings. The molecule has 1 amide bonds. The number of anilines is 1. The van der Waals surface area contributed by atoms with Gasteiger partial charge in [-0.15, -0.1) is 10.2 Å². The molecule has 27 heavy (non-hydrogen) atoms. The van der Waals surface area contributed by atoms with Gasteiger partial charge in [0.1, 0.15) is 11.6 Å². The highest BCUT2D eigenvalue weighted by Crippen LogP contribution is 2.41. The van der Waals surface area contributed by atoms with Crippen LogP contribution < -0.4 is 4.90 Å². The first-order valence-electron chi connectivity index (χ1n) is 9.01. The van der Waals surface area contributed by atoms with Crippen LogP contribution in [0, 0.1) is 11.6 Å². The van der Waals surface area contributed by atoms with Gasteiger partial charge in [-0.05, 0) is 48.6 Å². The zero-order chi connectivity index (χ0) is 19.0. The number of hydrogen-bond donors (Lipinski definition) is 0. The first-order valence-corrected chi connectivity index (χ1v) is 9.39. The molecule has 4 rings (SSSR count). The van der Waals surface area contributed by atoms with Crippen molar-refractivity contribution in [1.29, 1.82) is 0 Å². The number of nitrogens with zero attached hydrogens (tertiary/aromatic N) is 4. The van der Waals surface area contributed by atoms with Crippen molar-refractivity contribution < 1.29 is 13.6 Å². The molecule has 1 aliphatic carbocycles.